The summed E-state index contributed by atoms with van der Waals surface area (Å²) < 4.78 is 0. The van der Waals surface area contributed by atoms with Gasteiger partial charge < -0.3 is 0 Å². The van der Waals surface area contributed by atoms with Gasteiger partial charge in [-0.25, -0.2) is 0 Å². The van der Waals surface area contributed by atoms with Crippen molar-refractivity contribution in [3.8, 4) is 0 Å². The van der Waals surface area contributed by atoms with E-state index in [1.54, 1.807) is 0 Å². The van der Waals surface area contributed by atoms with Crippen molar-refractivity contribution in [2.24, 2.45) is 0 Å². The normalized spacial score (nSPS) is 8.40. The van der Waals surface area contributed by atoms with Crippen molar-refractivity contribution in [1.82, 2.24) is 0 Å². The molecule has 0 N–H and O–H groups in total. The van der Waals surface area contributed by atoms with Gasteiger partial charge in [0.25, 0.3) is 0 Å². The molecule has 5 heavy (non-hydrogen) atoms. The quantitative estimate of drug-likeness (QED) is 0.358. The van der Waals surface area contributed by atoms with Crippen molar-refractivity contribution in [3.05, 3.63) is 0 Å². The Morgan fingerprint density at radius 3 is 2.00 bits per heavy atom. The van der Waals surface area contributed by atoms with E-state index in [0.29, 0.717) is 7.93 Å². The minimum absolute atomic E-state index is 0. The zero-order valence-corrected chi connectivity index (χ0v) is 4.34. The fraction of sp³-hybridized carbons (Fsp3) is 1.00. The summed E-state index contributed by atoms with van der Waals surface area (Å²) in [6, 6.07) is 0. The Hall–Kier alpha value is 1.25. The smallest absolute Gasteiger partial charge is 0.100 e. The Balaban J connectivity index is 0. The lowest BCUT2D eigenvalue weighted by Crippen LogP contribution is -1.41. The Kier molecular flexibility index (Phi) is 17.1. The van der Waals surface area contributed by atoms with Crippen molar-refractivity contribution in [2.75, 3.05) is 6.16 Å². The second-order valence-electron chi connectivity index (χ2n) is 0.487. The topological polar surface area (TPSA) is 0 Å². The van der Waals surface area contributed by atoms with Crippen molar-refractivity contribution >= 4 is 36.5 Å². The minimum atomic E-state index is 0. The Labute approximate surface area is 50.0 Å². The van der Waals surface area contributed by atoms with Crippen LogP contribution in [0, 0.1) is 0 Å². The first-order valence-electron chi connectivity index (χ1n) is 1.25. The number of hydrogen-bond donors (Lipinski definition) is 0. The van der Waals surface area contributed by atoms with E-state index in [1.165, 1.54) is 0 Å². The predicted molar refractivity (Wildman–Crippen MR) is 34.6 cm³/mol. The van der Waals surface area contributed by atoms with E-state index in [1.807, 2.05) is 0 Å². The lowest BCUT2D eigenvalue weighted by atomic mass is 11.0. The van der Waals surface area contributed by atoms with Gasteiger partial charge in [0.2, 0.25) is 0 Å². The molecule has 0 aliphatic carbocycles. The van der Waals surface area contributed by atoms with E-state index in [0.717, 1.165) is 6.16 Å². The van der Waals surface area contributed by atoms with Crippen LogP contribution in [0.3, 0.4) is 0 Å². The summed E-state index contributed by atoms with van der Waals surface area (Å²) in [7, 11) is 0.613. The van der Waals surface area contributed by atoms with Gasteiger partial charge in [0.1, 0.15) is 0 Å². The maximum absolute atomic E-state index is 5.21. The van der Waals surface area contributed by atoms with Gasteiger partial charge in [0, 0.05) is 0 Å². The summed E-state index contributed by atoms with van der Waals surface area (Å²) in [5, 5.41) is 0. The fourth-order valence-electron chi connectivity index (χ4n) is 0. The molecule has 0 aliphatic rings. The average molecular weight is 127 g/mol. The average Bonchev–Trinajstić information content (AvgIpc) is 1.37. The second-order valence-corrected chi connectivity index (χ2v) is 2.26. The molecule has 0 fully saturated rings. The lowest BCUT2D eigenvalue weighted by Gasteiger charge is -1.66. The molecule has 0 rings (SSSR count). The Bertz CT molecular complexity index is 11.6. The molecule has 1 unspecified atom stereocenters. The fourth-order valence-corrected chi connectivity index (χ4v) is 0. The highest BCUT2D eigenvalue weighted by molar-refractivity contribution is 7.68. The zero-order chi connectivity index (χ0) is 3.41. The van der Waals surface area contributed by atoms with Gasteiger partial charge in [0.15, 0.2) is 17.4 Å². The standard InChI is InChI=1S/C2H6ClP.Al.3H/c1-2-4-3;;;;/h4H,2H2,1H3;;;;. The number of rotatable bonds is 1. The summed E-state index contributed by atoms with van der Waals surface area (Å²) in [5.41, 5.74) is 0. The van der Waals surface area contributed by atoms with Crippen molar-refractivity contribution in [1.29, 1.82) is 0 Å². The van der Waals surface area contributed by atoms with Gasteiger partial charge in [-0.3, -0.25) is 0 Å². The first kappa shape index (κ1) is 9.54. The first-order valence-corrected chi connectivity index (χ1v) is 3.47. The Morgan fingerprint density at radius 2 is 2.00 bits per heavy atom. The van der Waals surface area contributed by atoms with E-state index in [9.17, 15) is 0 Å². The van der Waals surface area contributed by atoms with Crippen molar-refractivity contribution < 1.29 is 0 Å². The predicted octanol–water partition coefficient (Wildman–Crippen LogP) is 0.655. The molecular formula is C2H9AlClP. The molecule has 0 aromatic carbocycles. The molecule has 0 heterocycles. The molecule has 1 atom stereocenters. The summed E-state index contributed by atoms with van der Waals surface area (Å²) in [5.74, 6) is 0. The summed E-state index contributed by atoms with van der Waals surface area (Å²) in [4.78, 5) is 0. The molecule has 0 aromatic rings. The summed E-state index contributed by atoms with van der Waals surface area (Å²) in [6.45, 7) is 2.06. The third-order valence-electron chi connectivity index (χ3n) is 0.134. The molecular weight excluding hydrogens is 117 g/mol. The highest BCUT2D eigenvalue weighted by Gasteiger charge is 1.58. The van der Waals surface area contributed by atoms with Crippen LogP contribution in [0.4, 0.5) is 0 Å². The van der Waals surface area contributed by atoms with Crippen LogP contribution in [-0.4, -0.2) is 23.5 Å². The maximum atomic E-state index is 5.21. The molecule has 0 bridgehead atoms. The third-order valence-corrected chi connectivity index (χ3v) is 1.20. The van der Waals surface area contributed by atoms with Crippen LogP contribution in [0.15, 0.2) is 0 Å². The van der Waals surface area contributed by atoms with Crippen molar-refractivity contribution in [3.63, 3.8) is 0 Å². The molecule has 32 valence electrons. The van der Waals surface area contributed by atoms with Gasteiger partial charge in [-0.05, 0) is 14.1 Å². The van der Waals surface area contributed by atoms with E-state index in [-0.39, 0.29) is 17.4 Å². The van der Waals surface area contributed by atoms with E-state index < -0.39 is 0 Å². The van der Waals surface area contributed by atoms with Crippen LogP contribution in [0.5, 0.6) is 0 Å². The summed E-state index contributed by atoms with van der Waals surface area (Å²) in [6.07, 6.45) is 1.11. The first-order chi connectivity index (χ1) is 1.91. The summed E-state index contributed by atoms with van der Waals surface area (Å²) >= 11 is 5.21. The van der Waals surface area contributed by atoms with Crippen LogP contribution in [0.2, 0.25) is 0 Å². The lowest BCUT2D eigenvalue weighted by molar-refractivity contribution is 1.53. The van der Waals surface area contributed by atoms with Gasteiger partial charge in [-0.2, -0.15) is 0 Å². The van der Waals surface area contributed by atoms with Crippen molar-refractivity contribution in [2.45, 2.75) is 6.92 Å². The van der Waals surface area contributed by atoms with Crippen LogP contribution < -0.4 is 0 Å². The molecule has 0 saturated heterocycles. The number of hydrogen-bond acceptors (Lipinski definition) is 0. The van der Waals surface area contributed by atoms with E-state index in [2.05, 4.69) is 6.92 Å². The van der Waals surface area contributed by atoms with Crippen LogP contribution >= 0.6 is 19.2 Å². The highest BCUT2D eigenvalue weighted by atomic mass is 35.7. The molecule has 0 aliphatic heterocycles. The van der Waals surface area contributed by atoms with Crippen LogP contribution in [0.1, 0.15) is 6.92 Å². The molecule has 0 amide bonds. The van der Waals surface area contributed by atoms with E-state index >= 15 is 0 Å². The molecule has 0 saturated carbocycles. The van der Waals surface area contributed by atoms with Gasteiger partial charge in [-0.1, -0.05) is 6.92 Å². The monoisotopic (exact) mass is 126 g/mol. The van der Waals surface area contributed by atoms with E-state index in [4.69, 9.17) is 11.2 Å². The number of halogens is 1. The van der Waals surface area contributed by atoms with Gasteiger partial charge in [0.05, 0.1) is 0 Å². The largest absolute Gasteiger partial charge is 0.187 e. The van der Waals surface area contributed by atoms with Gasteiger partial charge >= 0.3 is 0 Å². The maximum Gasteiger partial charge on any atom is 0.187 e. The third kappa shape index (κ3) is 11.0. The molecule has 0 aromatic heterocycles. The SMILES string of the molecule is CCPCl.[AlH3]. The van der Waals surface area contributed by atoms with Gasteiger partial charge in [-0.15, -0.1) is 11.2 Å². The molecule has 0 nitrogen and oxygen atoms in total. The van der Waals surface area contributed by atoms with Crippen LogP contribution in [0.25, 0.3) is 0 Å². The second kappa shape index (κ2) is 8.98. The molecule has 0 spiro atoms. The molecule has 0 radical (unpaired) electrons. The van der Waals surface area contributed by atoms with Crippen LogP contribution in [-0.2, 0) is 0 Å². The zero-order valence-electron chi connectivity index (χ0n) is 2.59. The Morgan fingerprint density at radius 1 is 1.80 bits per heavy atom. The minimum Gasteiger partial charge on any atom is -0.100 e. The highest BCUT2D eigenvalue weighted by Crippen LogP contribution is 2.12. The molecule has 3 heteroatoms.